The lowest BCUT2D eigenvalue weighted by Crippen LogP contribution is -2.34. The second-order valence-electron chi connectivity index (χ2n) is 3.88. The second-order valence-corrected chi connectivity index (χ2v) is 3.88. The Kier molecular flexibility index (Phi) is 3.33. The molecule has 1 aromatic rings. The van der Waals surface area contributed by atoms with Gasteiger partial charge in [0.2, 0.25) is 0 Å². The van der Waals surface area contributed by atoms with Crippen LogP contribution in [0.2, 0.25) is 0 Å². The number of hydrogen-bond acceptors (Lipinski definition) is 3. The maximum atomic E-state index is 12.1. The van der Waals surface area contributed by atoms with Crippen LogP contribution in [0.25, 0.3) is 0 Å². The number of benzene rings is 1. The standard InChI is InChI=1S/C14H13NO3/c1-3-9-15-12(14(17)18-4-2)10-7-5-6-8-11(10)13(15)16/h1,5-8,12H,4,9H2,2H3. The fourth-order valence-corrected chi connectivity index (χ4v) is 2.11. The van der Waals surface area contributed by atoms with Crippen molar-refractivity contribution >= 4 is 11.9 Å². The molecule has 1 aliphatic heterocycles. The maximum absolute atomic E-state index is 12.1. The van der Waals surface area contributed by atoms with Crippen molar-refractivity contribution < 1.29 is 14.3 Å². The summed E-state index contributed by atoms with van der Waals surface area (Å²) >= 11 is 0. The highest BCUT2D eigenvalue weighted by Crippen LogP contribution is 2.33. The topological polar surface area (TPSA) is 46.6 Å². The SMILES string of the molecule is C#CCN1C(=O)c2ccccc2C1C(=O)OCC. The van der Waals surface area contributed by atoms with Crippen LogP contribution < -0.4 is 0 Å². The zero-order chi connectivity index (χ0) is 13.1. The minimum absolute atomic E-state index is 0.0942. The van der Waals surface area contributed by atoms with Crippen LogP contribution in [0.1, 0.15) is 28.9 Å². The number of hydrogen-bond donors (Lipinski definition) is 0. The van der Waals surface area contributed by atoms with E-state index >= 15 is 0 Å². The van der Waals surface area contributed by atoms with Gasteiger partial charge in [-0.25, -0.2) is 4.79 Å². The summed E-state index contributed by atoms with van der Waals surface area (Å²) in [4.78, 5) is 25.4. The van der Waals surface area contributed by atoms with Gasteiger partial charge in [-0.15, -0.1) is 6.42 Å². The van der Waals surface area contributed by atoms with Gasteiger partial charge in [0.15, 0.2) is 6.04 Å². The molecule has 18 heavy (non-hydrogen) atoms. The van der Waals surface area contributed by atoms with Gasteiger partial charge in [-0.1, -0.05) is 24.1 Å². The van der Waals surface area contributed by atoms with Crippen molar-refractivity contribution in [2.45, 2.75) is 13.0 Å². The minimum atomic E-state index is -0.718. The fourth-order valence-electron chi connectivity index (χ4n) is 2.11. The normalized spacial score (nSPS) is 17.2. The third-order valence-electron chi connectivity index (χ3n) is 2.83. The van der Waals surface area contributed by atoms with Crippen LogP contribution in [0.4, 0.5) is 0 Å². The van der Waals surface area contributed by atoms with Crippen molar-refractivity contribution in [1.29, 1.82) is 0 Å². The van der Waals surface area contributed by atoms with Crippen LogP contribution in [0.5, 0.6) is 0 Å². The molecule has 4 nitrogen and oxygen atoms in total. The molecule has 1 atom stereocenters. The number of carbonyl (C=O) groups is 2. The molecule has 1 aliphatic rings. The maximum Gasteiger partial charge on any atom is 0.333 e. The number of carbonyl (C=O) groups excluding carboxylic acids is 2. The van der Waals surface area contributed by atoms with Gasteiger partial charge in [-0.05, 0) is 18.6 Å². The van der Waals surface area contributed by atoms with E-state index in [1.165, 1.54) is 4.90 Å². The van der Waals surface area contributed by atoms with Crippen molar-refractivity contribution in [3.63, 3.8) is 0 Å². The molecule has 0 N–H and O–H groups in total. The molecule has 0 saturated heterocycles. The van der Waals surface area contributed by atoms with Gasteiger partial charge in [0.25, 0.3) is 5.91 Å². The predicted octanol–water partition coefficient (Wildman–Crippen LogP) is 1.38. The van der Waals surface area contributed by atoms with E-state index in [2.05, 4.69) is 5.92 Å². The monoisotopic (exact) mass is 243 g/mol. The first-order chi connectivity index (χ1) is 8.70. The first-order valence-corrected chi connectivity index (χ1v) is 5.70. The van der Waals surface area contributed by atoms with Crippen molar-refractivity contribution in [1.82, 2.24) is 4.90 Å². The smallest absolute Gasteiger partial charge is 0.333 e. The highest BCUT2D eigenvalue weighted by atomic mass is 16.5. The summed E-state index contributed by atoms with van der Waals surface area (Å²) in [5.74, 6) is 1.74. The molecule has 0 radical (unpaired) electrons. The lowest BCUT2D eigenvalue weighted by Gasteiger charge is -2.21. The number of nitrogens with zero attached hydrogens (tertiary/aromatic N) is 1. The molecule has 0 saturated carbocycles. The van der Waals surface area contributed by atoms with Crippen LogP contribution in [-0.2, 0) is 9.53 Å². The van der Waals surface area contributed by atoms with Crippen LogP contribution >= 0.6 is 0 Å². The van der Waals surface area contributed by atoms with Gasteiger partial charge < -0.3 is 9.64 Å². The van der Waals surface area contributed by atoms with Crippen LogP contribution in [-0.4, -0.2) is 29.9 Å². The molecule has 4 heteroatoms. The van der Waals surface area contributed by atoms with E-state index in [9.17, 15) is 9.59 Å². The number of fused-ring (bicyclic) bond motifs is 1. The Hall–Kier alpha value is -2.28. The molecule has 1 heterocycles. The van der Waals surface area contributed by atoms with Gasteiger partial charge in [-0.3, -0.25) is 4.79 Å². The summed E-state index contributed by atoms with van der Waals surface area (Å²) in [7, 11) is 0. The molecule has 1 unspecified atom stereocenters. The molecule has 0 spiro atoms. The zero-order valence-corrected chi connectivity index (χ0v) is 10.1. The average Bonchev–Trinajstić information content (AvgIpc) is 2.65. The van der Waals surface area contributed by atoms with Gasteiger partial charge in [-0.2, -0.15) is 0 Å². The molecule has 2 rings (SSSR count). The first-order valence-electron chi connectivity index (χ1n) is 5.70. The van der Waals surface area contributed by atoms with Crippen molar-refractivity contribution in [2.24, 2.45) is 0 Å². The van der Waals surface area contributed by atoms with E-state index < -0.39 is 12.0 Å². The van der Waals surface area contributed by atoms with Crippen LogP contribution in [0, 0.1) is 12.3 Å². The summed E-state index contributed by atoms with van der Waals surface area (Å²) in [5.41, 5.74) is 1.18. The molecule has 1 amide bonds. The first kappa shape index (κ1) is 12.2. The summed E-state index contributed by atoms with van der Waals surface area (Å²) < 4.78 is 5.01. The summed E-state index contributed by atoms with van der Waals surface area (Å²) in [5, 5.41) is 0. The quantitative estimate of drug-likeness (QED) is 0.595. The van der Waals surface area contributed by atoms with E-state index in [1.807, 2.05) is 0 Å². The Morgan fingerprint density at radius 2 is 2.22 bits per heavy atom. The van der Waals surface area contributed by atoms with Crippen molar-refractivity contribution in [2.75, 3.05) is 13.2 Å². The summed E-state index contributed by atoms with van der Waals surface area (Å²) in [6, 6.07) is 6.28. The Bertz CT molecular complexity index is 530. The third-order valence-corrected chi connectivity index (χ3v) is 2.83. The summed E-state index contributed by atoms with van der Waals surface area (Å²) in [6.07, 6.45) is 5.25. The number of terminal acetylenes is 1. The van der Waals surface area contributed by atoms with E-state index in [0.29, 0.717) is 11.1 Å². The number of ether oxygens (including phenoxy) is 1. The van der Waals surface area contributed by atoms with E-state index in [0.717, 1.165) is 0 Å². The fraction of sp³-hybridized carbons (Fsp3) is 0.286. The van der Waals surface area contributed by atoms with Crippen LogP contribution in [0.3, 0.4) is 0 Å². The van der Waals surface area contributed by atoms with Gasteiger partial charge in [0, 0.05) is 5.56 Å². The minimum Gasteiger partial charge on any atom is -0.464 e. The Balaban J connectivity index is 2.43. The van der Waals surface area contributed by atoms with E-state index in [-0.39, 0.29) is 19.1 Å². The Labute approximate surface area is 106 Å². The largest absolute Gasteiger partial charge is 0.464 e. The van der Waals surface area contributed by atoms with Crippen molar-refractivity contribution in [3.8, 4) is 12.3 Å². The van der Waals surface area contributed by atoms with Crippen LogP contribution in [0.15, 0.2) is 24.3 Å². The Morgan fingerprint density at radius 1 is 1.50 bits per heavy atom. The zero-order valence-electron chi connectivity index (χ0n) is 10.1. The molecule has 92 valence electrons. The lowest BCUT2D eigenvalue weighted by molar-refractivity contribution is -0.148. The molecule has 1 aromatic carbocycles. The Morgan fingerprint density at radius 3 is 2.89 bits per heavy atom. The number of rotatable bonds is 3. The highest BCUT2D eigenvalue weighted by molar-refractivity contribution is 6.03. The number of amides is 1. The molecule has 0 bridgehead atoms. The van der Waals surface area contributed by atoms with E-state index in [4.69, 9.17) is 11.2 Å². The predicted molar refractivity (Wildman–Crippen MR) is 65.7 cm³/mol. The second kappa shape index (κ2) is 4.92. The molecular weight excluding hydrogens is 230 g/mol. The average molecular weight is 243 g/mol. The van der Waals surface area contributed by atoms with Crippen molar-refractivity contribution in [3.05, 3.63) is 35.4 Å². The van der Waals surface area contributed by atoms with Gasteiger partial charge in [0.1, 0.15) is 0 Å². The number of esters is 1. The molecule has 0 aromatic heterocycles. The van der Waals surface area contributed by atoms with Gasteiger partial charge >= 0.3 is 5.97 Å². The highest BCUT2D eigenvalue weighted by Gasteiger charge is 2.41. The third kappa shape index (κ3) is 1.84. The summed E-state index contributed by atoms with van der Waals surface area (Å²) in [6.45, 7) is 2.10. The molecule has 0 aliphatic carbocycles. The lowest BCUT2D eigenvalue weighted by atomic mass is 10.1. The van der Waals surface area contributed by atoms with E-state index in [1.54, 1.807) is 31.2 Å². The molecular formula is C14H13NO3. The molecule has 0 fully saturated rings. The van der Waals surface area contributed by atoms with Gasteiger partial charge in [0.05, 0.1) is 13.2 Å².